The van der Waals surface area contributed by atoms with Gasteiger partial charge in [0.2, 0.25) is 5.91 Å². The summed E-state index contributed by atoms with van der Waals surface area (Å²) in [6.07, 6.45) is 1.96. The maximum atomic E-state index is 13.0. The van der Waals surface area contributed by atoms with Gasteiger partial charge in [-0.3, -0.25) is 9.59 Å². The molecule has 0 saturated carbocycles. The normalized spacial score (nSPS) is 20.5. The van der Waals surface area contributed by atoms with Crippen molar-refractivity contribution in [3.8, 4) is 0 Å². The zero-order valence-electron chi connectivity index (χ0n) is 14.2. The van der Waals surface area contributed by atoms with Crippen LogP contribution in [-0.2, 0) is 9.53 Å². The van der Waals surface area contributed by atoms with Crippen LogP contribution in [0.15, 0.2) is 28.7 Å². The first-order chi connectivity index (χ1) is 12.1. The van der Waals surface area contributed by atoms with Crippen LogP contribution in [0, 0.1) is 0 Å². The summed E-state index contributed by atoms with van der Waals surface area (Å²) in [7, 11) is 0. The van der Waals surface area contributed by atoms with E-state index in [1.165, 1.54) is 0 Å². The molecule has 1 atom stereocenters. The molecule has 2 aliphatic heterocycles. The molecule has 0 aliphatic carbocycles. The van der Waals surface area contributed by atoms with Crippen LogP contribution in [0.2, 0.25) is 0 Å². The lowest BCUT2D eigenvalue weighted by atomic mass is 10.1. The number of halogens is 1. The van der Waals surface area contributed by atoms with Crippen molar-refractivity contribution in [1.29, 1.82) is 0 Å². The molecule has 1 unspecified atom stereocenters. The van der Waals surface area contributed by atoms with Gasteiger partial charge in [-0.05, 0) is 31.0 Å². The summed E-state index contributed by atoms with van der Waals surface area (Å²) in [6, 6.07) is 7.29. The molecule has 1 aromatic rings. The molecule has 3 rings (SSSR count). The Morgan fingerprint density at radius 3 is 2.80 bits per heavy atom. The molecule has 7 heteroatoms. The van der Waals surface area contributed by atoms with Crippen molar-refractivity contribution in [3.63, 3.8) is 0 Å². The van der Waals surface area contributed by atoms with E-state index in [9.17, 15) is 9.59 Å². The summed E-state index contributed by atoms with van der Waals surface area (Å²) in [6.45, 7) is 4.28. The molecule has 136 valence electrons. The van der Waals surface area contributed by atoms with E-state index in [-0.39, 0.29) is 24.5 Å². The van der Waals surface area contributed by atoms with E-state index in [4.69, 9.17) is 4.74 Å². The topological polar surface area (TPSA) is 61.9 Å². The lowest BCUT2D eigenvalue weighted by Crippen LogP contribution is -2.51. The van der Waals surface area contributed by atoms with Gasteiger partial charge in [-0.1, -0.05) is 22.0 Å². The summed E-state index contributed by atoms with van der Waals surface area (Å²) in [5, 5.41) is 3.24. The smallest absolute Gasteiger partial charge is 0.254 e. The third-order valence-corrected chi connectivity index (χ3v) is 5.10. The average molecular weight is 410 g/mol. The number of carbonyl (C=O) groups excluding carboxylic acids is 2. The van der Waals surface area contributed by atoms with E-state index >= 15 is 0 Å². The van der Waals surface area contributed by atoms with Crippen molar-refractivity contribution in [2.24, 2.45) is 0 Å². The van der Waals surface area contributed by atoms with Crippen LogP contribution in [0.5, 0.6) is 0 Å². The lowest BCUT2D eigenvalue weighted by molar-refractivity contribution is -0.132. The molecule has 2 amide bonds. The van der Waals surface area contributed by atoms with Gasteiger partial charge < -0.3 is 19.9 Å². The van der Waals surface area contributed by atoms with Crippen LogP contribution < -0.4 is 5.32 Å². The SMILES string of the molecule is O=C(CN(CC1CCCO1)C(=O)c1cccc(Br)c1)N1CCNCC1. The predicted molar refractivity (Wildman–Crippen MR) is 98.5 cm³/mol. The molecule has 1 N–H and O–H groups in total. The molecule has 2 fully saturated rings. The molecular weight excluding hydrogens is 386 g/mol. The minimum atomic E-state index is -0.125. The van der Waals surface area contributed by atoms with Crippen LogP contribution in [0.3, 0.4) is 0 Å². The lowest BCUT2D eigenvalue weighted by Gasteiger charge is -2.31. The van der Waals surface area contributed by atoms with Crippen molar-refractivity contribution >= 4 is 27.7 Å². The van der Waals surface area contributed by atoms with Crippen LogP contribution in [0.1, 0.15) is 23.2 Å². The Bertz CT molecular complexity index is 613. The third kappa shape index (κ3) is 5.03. The van der Waals surface area contributed by atoms with Gasteiger partial charge in [0.15, 0.2) is 0 Å². The molecule has 0 bridgehead atoms. The fourth-order valence-corrected chi connectivity index (χ4v) is 3.63. The highest BCUT2D eigenvalue weighted by Gasteiger charge is 2.27. The second-order valence-electron chi connectivity index (χ2n) is 6.46. The minimum absolute atomic E-state index is 0.00263. The van der Waals surface area contributed by atoms with Crippen molar-refractivity contribution in [2.45, 2.75) is 18.9 Å². The second-order valence-corrected chi connectivity index (χ2v) is 7.38. The Morgan fingerprint density at radius 2 is 2.12 bits per heavy atom. The largest absolute Gasteiger partial charge is 0.376 e. The van der Waals surface area contributed by atoms with E-state index < -0.39 is 0 Å². The first-order valence-electron chi connectivity index (χ1n) is 8.78. The van der Waals surface area contributed by atoms with Gasteiger partial charge in [0.1, 0.15) is 6.54 Å². The van der Waals surface area contributed by atoms with Gasteiger partial charge in [0.25, 0.3) is 5.91 Å². The highest BCUT2D eigenvalue weighted by molar-refractivity contribution is 9.10. The Hall–Kier alpha value is -1.44. The molecule has 25 heavy (non-hydrogen) atoms. The number of amides is 2. The number of hydrogen-bond acceptors (Lipinski definition) is 4. The number of carbonyl (C=O) groups is 2. The number of hydrogen-bond donors (Lipinski definition) is 1. The summed E-state index contributed by atoms with van der Waals surface area (Å²) >= 11 is 3.40. The highest BCUT2D eigenvalue weighted by Crippen LogP contribution is 2.17. The number of nitrogens with one attached hydrogen (secondary N) is 1. The molecule has 0 radical (unpaired) electrons. The van der Waals surface area contributed by atoms with E-state index in [0.717, 1.165) is 37.0 Å². The van der Waals surface area contributed by atoms with Crippen molar-refractivity contribution in [1.82, 2.24) is 15.1 Å². The Morgan fingerprint density at radius 1 is 1.32 bits per heavy atom. The Kier molecular flexibility index (Phi) is 6.45. The molecule has 2 aliphatic rings. The maximum absolute atomic E-state index is 13.0. The predicted octanol–water partition coefficient (Wildman–Crippen LogP) is 1.50. The summed E-state index contributed by atoms with van der Waals surface area (Å²) in [4.78, 5) is 29.1. The molecule has 1 aromatic carbocycles. The Labute approximate surface area is 156 Å². The van der Waals surface area contributed by atoms with Gasteiger partial charge >= 0.3 is 0 Å². The first kappa shape index (κ1) is 18.4. The van der Waals surface area contributed by atoms with Crippen molar-refractivity contribution < 1.29 is 14.3 Å². The third-order valence-electron chi connectivity index (χ3n) is 4.60. The first-order valence-corrected chi connectivity index (χ1v) is 9.58. The van der Waals surface area contributed by atoms with Gasteiger partial charge in [0, 0.05) is 49.4 Å². The molecule has 2 heterocycles. The maximum Gasteiger partial charge on any atom is 0.254 e. The van der Waals surface area contributed by atoms with Crippen molar-refractivity contribution in [3.05, 3.63) is 34.3 Å². The molecule has 0 spiro atoms. The summed E-state index contributed by atoms with van der Waals surface area (Å²) in [5.41, 5.74) is 0.584. The highest BCUT2D eigenvalue weighted by atomic mass is 79.9. The van der Waals surface area contributed by atoms with Gasteiger partial charge in [-0.15, -0.1) is 0 Å². The average Bonchev–Trinajstić information content (AvgIpc) is 3.14. The van der Waals surface area contributed by atoms with E-state index in [1.54, 1.807) is 17.0 Å². The number of piperazine rings is 1. The van der Waals surface area contributed by atoms with E-state index in [2.05, 4.69) is 21.2 Å². The summed E-state index contributed by atoms with van der Waals surface area (Å²) in [5.74, 6) is -0.122. The molecular formula is C18H24BrN3O3. The minimum Gasteiger partial charge on any atom is -0.376 e. The van der Waals surface area contributed by atoms with Crippen LogP contribution in [0.25, 0.3) is 0 Å². The monoisotopic (exact) mass is 409 g/mol. The van der Waals surface area contributed by atoms with E-state index in [1.807, 2.05) is 17.0 Å². The standard InChI is InChI=1S/C18H24BrN3O3/c19-15-4-1-3-14(11-15)18(24)22(12-16-5-2-10-25-16)13-17(23)21-8-6-20-7-9-21/h1,3-4,11,16,20H,2,5-10,12-13H2. The molecule has 2 saturated heterocycles. The zero-order valence-corrected chi connectivity index (χ0v) is 15.8. The molecule has 6 nitrogen and oxygen atoms in total. The summed E-state index contributed by atoms with van der Waals surface area (Å²) < 4.78 is 6.53. The number of nitrogens with zero attached hydrogens (tertiary/aromatic N) is 2. The fourth-order valence-electron chi connectivity index (χ4n) is 3.23. The zero-order chi connectivity index (χ0) is 17.6. The number of rotatable bonds is 5. The molecule has 0 aromatic heterocycles. The second kappa shape index (κ2) is 8.78. The fraction of sp³-hybridized carbons (Fsp3) is 0.556. The number of benzene rings is 1. The van der Waals surface area contributed by atoms with Gasteiger partial charge in [-0.2, -0.15) is 0 Å². The van der Waals surface area contributed by atoms with E-state index in [0.29, 0.717) is 25.2 Å². The quantitative estimate of drug-likeness (QED) is 0.800. The van der Waals surface area contributed by atoms with Crippen LogP contribution >= 0.6 is 15.9 Å². The van der Waals surface area contributed by atoms with Gasteiger partial charge in [0.05, 0.1) is 6.10 Å². The Balaban J connectivity index is 1.71. The van der Waals surface area contributed by atoms with Gasteiger partial charge in [-0.25, -0.2) is 0 Å². The van der Waals surface area contributed by atoms with Crippen LogP contribution in [0.4, 0.5) is 0 Å². The number of ether oxygens (including phenoxy) is 1. The van der Waals surface area contributed by atoms with Crippen LogP contribution in [-0.4, -0.2) is 73.6 Å². The van der Waals surface area contributed by atoms with Crippen molar-refractivity contribution in [2.75, 3.05) is 45.9 Å².